The third-order valence-electron chi connectivity index (χ3n) is 3.50. The van der Waals surface area contributed by atoms with Gasteiger partial charge in [0.05, 0.1) is 6.20 Å². The Balaban J connectivity index is 1.86. The Hall–Kier alpha value is -3.21. The van der Waals surface area contributed by atoms with E-state index in [-0.39, 0.29) is 24.4 Å². The smallest absolute Gasteiger partial charge is 0.270 e. The van der Waals surface area contributed by atoms with E-state index in [0.717, 1.165) is 5.56 Å². The summed E-state index contributed by atoms with van der Waals surface area (Å²) >= 11 is 5.82. The molecule has 3 rings (SSSR count). The third kappa shape index (κ3) is 3.88. The molecule has 0 bridgehead atoms. The van der Waals surface area contributed by atoms with E-state index in [4.69, 9.17) is 16.7 Å². The summed E-state index contributed by atoms with van der Waals surface area (Å²) in [5, 5.41) is 12.0. The largest absolute Gasteiger partial charge is 0.384 e. The lowest BCUT2D eigenvalue weighted by molar-refractivity contribution is 0.0949. The highest BCUT2D eigenvalue weighted by Crippen LogP contribution is 2.09. The Kier molecular flexibility index (Phi) is 5.27. The standard InChI is InChI=1S/C18H13ClN4O3/c19-13-5-3-12(4-6-13)8-22-17(25)15-9-21-16-10-20-14(2-1-7-24)11-23(16)18(15)26/h3-6,9-11,24H,7-8H2,(H,22,25). The van der Waals surface area contributed by atoms with E-state index in [9.17, 15) is 9.59 Å². The number of nitrogens with zero attached hydrogens (tertiary/aromatic N) is 3. The van der Waals surface area contributed by atoms with Crippen molar-refractivity contribution in [3.63, 3.8) is 0 Å². The van der Waals surface area contributed by atoms with Crippen molar-refractivity contribution in [2.24, 2.45) is 0 Å². The van der Waals surface area contributed by atoms with Gasteiger partial charge in [-0.15, -0.1) is 0 Å². The van der Waals surface area contributed by atoms with Crippen LogP contribution >= 0.6 is 11.6 Å². The number of aliphatic hydroxyl groups excluding tert-OH is 1. The molecule has 0 saturated heterocycles. The van der Waals surface area contributed by atoms with Gasteiger partial charge in [-0.05, 0) is 23.6 Å². The number of carbonyl (C=O) groups excluding carboxylic acids is 1. The molecule has 26 heavy (non-hydrogen) atoms. The molecule has 130 valence electrons. The van der Waals surface area contributed by atoms with Crippen molar-refractivity contribution >= 4 is 23.2 Å². The fraction of sp³-hybridized carbons (Fsp3) is 0.111. The van der Waals surface area contributed by atoms with Crippen molar-refractivity contribution in [2.75, 3.05) is 6.61 Å². The molecule has 0 saturated carbocycles. The fourth-order valence-electron chi connectivity index (χ4n) is 2.22. The molecular weight excluding hydrogens is 356 g/mol. The Morgan fingerprint density at radius 2 is 2.00 bits per heavy atom. The van der Waals surface area contributed by atoms with Gasteiger partial charge in [-0.3, -0.25) is 14.0 Å². The van der Waals surface area contributed by atoms with Gasteiger partial charge in [0, 0.05) is 24.0 Å². The fourth-order valence-corrected chi connectivity index (χ4v) is 2.34. The zero-order valence-corrected chi connectivity index (χ0v) is 14.2. The minimum absolute atomic E-state index is 0.0938. The second-order valence-corrected chi connectivity index (χ2v) is 5.68. The first kappa shape index (κ1) is 17.6. The summed E-state index contributed by atoms with van der Waals surface area (Å²) in [7, 11) is 0. The zero-order chi connectivity index (χ0) is 18.5. The van der Waals surface area contributed by atoms with Crippen molar-refractivity contribution in [2.45, 2.75) is 6.54 Å². The van der Waals surface area contributed by atoms with Gasteiger partial charge in [-0.1, -0.05) is 29.7 Å². The molecule has 2 aromatic heterocycles. The first-order valence-corrected chi connectivity index (χ1v) is 7.96. The second-order valence-electron chi connectivity index (χ2n) is 5.25. The average molecular weight is 369 g/mol. The van der Waals surface area contributed by atoms with Gasteiger partial charge >= 0.3 is 0 Å². The summed E-state index contributed by atoms with van der Waals surface area (Å²) < 4.78 is 1.20. The van der Waals surface area contributed by atoms with E-state index in [2.05, 4.69) is 27.1 Å². The second kappa shape index (κ2) is 7.78. The predicted molar refractivity (Wildman–Crippen MR) is 95.8 cm³/mol. The number of aromatic nitrogens is 3. The number of halogens is 1. The van der Waals surface area contributed by atoms with Crippen LogP contribution in [0.3, 0.4) is 0 Å². The maximum absolute atomic E-state index is 12.6. The van der Waals surface area contributed by atoms with Crippen molar-refractivity contribution in [1.29, 1.82) is 0 Å². The lowest BCUT2D eigenvalue weighted by Crippen LogP contribution is -2.31. The highest BCUT2D eigenvalue weighted by molar-refractivity contribution is 6.30. The number of fused-ring (bicyclic) bond motifs is 1. The van der Waals surface area contributed by atoms with E-state index in [1.165, 1.54) is 23.0 Å². The van der Waals surface area contributed by atoms with Crippen LogP contribution in [0, 0.1) is 11.8 Å². The van der Waals surface area contributed by atoms with Gasteiger partial charge in [0.2, 0.25) is 0 Å². The van der Waals surface area contributed by atoms with Crippen LogP contribution in [0.1, 0.15) is 21.6 Å². The summed E-state index contributed by atoms with van der Waals surface area (Å²) in [5.41, 5.74) is 0.803. The third-order valence-corrected chi connectivity index (χ3v) is 3.75. The summed E-state index contributed by atoms with van der Waals surface area (Å²) in [5.74, 6) is 4.52. The van der Waals surface area contributed by atoms with Gasteiger partial charge in [0.25, 0.3) is 11.5 Å². The van der Waals surface area contributed by atoms with E-state index < -0.39 is 11.5 Å². The summed E-state index contributed by atoms with van der Waals surface area (Å²) in [6.45, 7) is -0.0677. The molecule has 8 heteroatoms. The Morgan fingerprint density at radius 3 is 2.73 bits per heavy atom. The van der Waals surface area contributed by atoms with Crippen molar-refractivity contribution < 1.29 is 9.90 Å². The number of amides is 1. The van der Waals surface area contributed by atoms with Crippen molar-refractivity contribution in [1.82, 2.24) is 19.7 Å². The number of carbonyl (C=O) groups is 1. The molecule has 1 amide bonds. The van der Waals surface area contributed by atoms with E-state index in [0.29, 0.717) is 10.7 Å². The molecule has 2 heterocycles. The number of aliphatic hydroxyl groups is 1. The SMILES string of the molecule is O=C(NCc1ccc(Cl)cc1)c1cnc2cnc(C#CCO)cn2c1=O. The van der Waals surface area contributed by atoms with Crippen LogP contribution in [0.5, 0.6) is 0 Å². The number of benzene rings is 1. The minimum atomic E-state index is -0.536. The van der Waals surface area contributed by atoms with Crippen LogP contribution in [0.2, 0.25) is 5.02 Å². The Labute approximate surface area is 153 Å². The van der Waals surface area contributed by atoms with Gasteiger partial charge < -0.3 is 10.4 Å². The van der Waals surface area contributed by atoms with E-state index in [1.54, 1.807) is 24.3 Å². The maximum Gasteiger partial charge on any atom is 0.270 e. The van der Waals surface area contributed by atoms with Crippen LogP contribution in [0.4, 0.5) is 0 Å². The molecule has 0 unspecified atom stereocenters. The van der Waals surface area contributed by atoms with Crippen LogP contribution in [0.15, 0.2) is 47.7 Å². The Morgan fingerprint density at radius 1 is 1.23 bits per heavy atom. The first-order valence-electron chi connectivity index (χ1n) is 7.58. The molecule has 0 aliphatic heterocycles. The topological polar surface area (TPSA) is 96.6 Å². The quantitative estimate of drug-likeness (QED) is 0.673. The number of hydrogen-bond donors (Lipinski definition) is 2. The summed E-state index contributed by atoms with van der Waals surface area (Å²) in [6, 6.07) is 7.01. The molecule has 1 aromatic carbocycles. The van der Waals surface area contributed by atoms with Crippen LogP contribution in [0.25, 0.3) is 5.65 Å². The molecule has 0 aliphatic rings. The molecule has 0 aliphatic carbocycles. The van der Waals surface area contributed by atoms with Crippen molar-refractivity contribution in [3.8, 4) is 11.8 Å². The molecule has 0 radical (unpaired) electrons. The Bertz CT molecular complexity index is 1080. The lowest BCUT2D eigenvalue weighted by Gasteiger charge is -2.06. The molecule has 7 nitrogen and oxygen atoms in total. The van der Waals surface area contributed by atoms with Crippen LogP contribution in [-0.2, 0) is 6.54 Å². The van der Waals surface area contributed by atoms with Gasteiger partial charge in [-0.25, -0.2) is 9.97 Å². The summed E-state index contributed by atoms with van der Waals surface area (Å²) in [4.78, 5) is 33.0. The highest BCUT2D eigenvalue weighted by atomic mass is 35.5. The number of nitrogens with one attached hydrogen (secondary N) is 1. The van der Waals surface area contributed by atoms with E-state index >= 15 is 0 Å². The van der Waals surface area contributed by atoms with Gasteiger partial charge in [0.1, 0.15) is 17.9 Å². The predicted octanol–water partition coefficient (Wildman–Crippen LogP) is 1.02. The average Bonchev–Trinajstić information content (AvgIpc) is 2.66. The lowest BCUT2D eigenvalue weighted by atomic mass is 10.2. The van der Waals surface area contributed by atoms with Crippen LogP contribution in [-0.4, -0.2) is 32.0 Å². The van der Waals surface area contributed by atoms with Crippen molar-refractivity contribution in [3.05, 3.63) is 75.1 Å². The number of hydrogen-bond acceptors (Lipinski definition) is 5. The van der Waals surface area contributed by atoms with Gasteiger partial charge in [0.15, 0.2) is 5.65 Å². The molecule has 0 fully saturated rings. The molecule has 0 spiro atoms. The monoisotopic (exact) mass is 368 g/mol. The van der Waals surface area contributed by atoms with E-state index in [1.807, 2.05) is 0 Å². The number of rotatable bonds is 3. The molecule has 2 N–H and O–H groups in total. The first-order chi connectivity index (χ1) is 12.6. The molecular formula is C18H13ClN4O3. The summed E-state index contributed by atoms with van der Waals surface area (Å²) in [6.07, 6.45) is 3.97. The normalized spacial score (nSPS) is 10.2. The zero-order valence-electron chi connectivity index (χ0n) is 13.4. The van der Waals surface area contributed by atoms with Crippen LogP contribution < -0.4 is 10.9 Å². The highest BCUT2D eigenvalue weighted by Gasteiger charge is 2.13. The van der Waals surface area contributed by atoms with Gasteiger partial charge in [-0.2, -0.15) is 0 Å². The molecule has 0 atom stereocenters. The maximum atomic E-state index is 12.6. The molecule has 3 aromatic rings. The minimum Gasteiger partial charge on any atom is -0.384 e.